The Morgan fingerprint density at radius 1 is 0.963 bits per heavy atom. The molecule has 5 heteroatoms. The first-order valence-corrected chi connectivity index (χ1v) is 10.4. The second-order valence-electron chi connectivity index (χ2n) is 7.96. The molecule has 2 amide bonds. The lowest BCUT2D eigenvalue weighted by Gasteiger charge is -2.26. The van der Waals surface area contributed by atoms with Crippen molar-refractivity contribution in [3.05, 3.63) is 24.3 Å². The molecular weight excluding hydrogens is 338 g/mol. The van der Waals surface area contributed by atoms with Gasteiger partial charge in [0.15, 0.2) is 0 Å². The number of amides is 2. The maximum Gasteiger partial charge on any atom is 0.239 e. The fourth-order valence-electron chi connectivity index (χ4n) is 3.52. The summed E-state index contributed by atoms with van der Waals surface area (Å²) in [5.74, 6) is -0.462. The Morgan fingerprint density at radius 2 is 1.52 bits per heavy atom. The van der Waals surface area contributed by atoms with Crippen LogP contribution in [0.25, 0.3) is 0 Å². The predicted octanol–water partition coefficient (Wildman–Crippen LogP) is 4.34. The fourth-order valence-corrected chi connectivity index (χ4v) is 3.52. The van der Waals surface area contributed by atoms with Gasteiger partial charge in [-0.1, -0.05) is 25.7 Å². The standard InChI is InChI=1S/C22H35N3O2/c1-5-25(6-2)19-15-13-18(14-16-19)24-21(27)22(3,4)20(26)23-17-11-9-7-8-10-12-17/h13-17H,5-12H2,1-4H3,(H,23,26)(H,24,27). The Balaban J connectivity index is 1.97. The molecule has 1 aliphatic carbocycles. The predicted molar refractivity (Wildman–Crippen MR) is 112 cm³/mol. The number of hydrogen-bond acceptors (Lipinski definition) is 3. The second kappa shape index (κ2) is 9.77. The van der Waals surface area contributed by atoms with Crippen molar-refractivity contribution in [1.29, 1.82) is 0 Å². The summed E-state index contributed by atoms with van der Waals surface area (Å²) in [6.07, 6.45) is 6.79. The normalized spacial score (nSPS) is 15.7. The summed E-state index contributed by atoms with van der Waals surface area (Å²) < 4.78 is 0. The molecule has 1 aromatic rings. The molecular formula is C22H35N3O2. The molecule has 0 aromatic heterocycles. The molecule has 1 aliphatic rings. The number of rotatable bonds is 7. The summed E-state index contributed by atoms with van der Waals surface area (Å²) in [4.78, 5) is 27.7. The van der Waals surface area contributed by atoms with E-state index in [0.29, 0.717) is 5.69 Å². The van der Waals surface area contributed by atoms with E-state index in [4.69, 9.17) is 0 Å². The van der Waals surface area contributed by atoms with E-state index in [1.807, 2.05) is 24.3 Å². The molecule has 0 spiro atoms. The molecule has 1 saturated carbocycles. The highest BCUT2D eigenvalue weighted by molar-refractivity contribution is 6.09. The highest BCUT2D eigenvalue weighted by Crippen LogP contribution is 2.23. The third kappa shape index (κ3) is 5.72. The molecule has 0 saturated heterocycles. The molecule has 0 aliphatic heterocycles. The van der Waals surface area contributed by atoms with Crippen molar-refractivity contribution in [3.8, 4) is 0 Å². The van der Waals surface area contributed by atoms with Crippen LogP contribution >= 0.6 is 0 Å². The molecule has 0 atom stereocenters. The van der Waals surface area contributed by atoms with Gasteiger partial charge in [0.25, 0.3) is 0 Å². The van der Waals surface area contributed by atoms with Crippen LogP contribution in [0.15, 0.2) is 24.3 Å². The maximum atomic E-state index is 12.7. The van der Waals surface area contributed by atoms with Crippen molar-refractivity contribution in [2.75, 3.05) is 23.3 Å². The Bertz CT molecular complexity index is 613. The molecule has 2 N–H and O–H groups in total. The summed E-state index contributed by atoms with van der Waals surface area (Å²) in [5.41, 5.74) is 0.735. The van der Waals surface area contributed by atoms with Crippen LogP contribution in [0.3, 0.4) is 0 Å². The van der Waals surface area contributed by atoms with Crippen molar-refractivity contribution < 1.29 is 9.59 Å². The molecule has 0 radical (unpaired) electrons. The quantitative estimate of drug-likeness (QED) is 0.552. The Labute approximate surface area is 163 Å². The number of anilines is 2. The number of benzene rings is 1. The molecule has 0 unspecified atom stereocenters. The highest BCUT2D eigenvalue weighted by Gasteiger charge is 2.37. The van der Waals surface area contributed by atoms with E-state index in [-0.39, 0.29) is 17.9 Å². The van der Waals surface area contributed by atoms with Crippen LogP contribution in [0.4, 0.5) is 11.4 Å². The van der Waals surface area contributed by atoms with Gasteiger partial charge in [-0.25, -0.2) is 0 Å². The van der Waals surface area contributed by atoms with Gasteiger partial charge in [0.05, 0.1) is 0 Å². The van der Waals surface area contributed by atoms with Crippen LogP contribution in [0.5, 0.6) is 0 Å². The van der Waals surface area contributed by atoms with Crippen LogP contribution in [0, 0.1) is 5.41 Å². The number of hydrogen-bond donors (Lipinski definition) is 2. The van der Waals surface area contributed by atoms with Crippen LogP contribution in [-0.4, -0.2) is 30.9 Å². The number of nitrogens with zero attached hydrogens (tertiary/aromatic N) is 1. The third-order valence-electron chi connectivity index (χ3n) is 5.58. The minimum Gasteiger partial charge on any atom is -0.372 e. The van der Waals surface area contributed by atoms with Gasteiger partial charge in [-0.2, -0.15) is 0 Å². The molecule has 1 aromatic carbocycles. The third-order valence-corrected chi connectivity index (χ3v) is 5.58. The lowest BCUT2D eigenvalue weighted by atomic mass is 9.90. The fraction of sp³-hybridized carbons (Fsp3) is 0.636. The first-order chi connectivity index (χ1) is 12.9. The largest absolute Gasteiger partial charge is 0.372 e. The van der Waals surface area contributed by atoms with Crippen molar-refractivity contribution >= 4 is 23.2 Å². The minimum absolute atomic E-state index is 0.188. The van der Waals surface area contributed by atoms with E-state index >= 15 is 0 Å². The van der Waals surface area contributed by atoms with Gasteiger partial charge in [0.1, 0.15) is 5.41 Å². The monoisotopic (exact) mass is 373 g/mol. The van der Waals surface area contributed by atoms with Crippen molar-refractivity contribution in [1.82, 2.24) is 5.32 Å². The van der Waals surface area contributed by atoms with Gasteiger partial charge in [0.2, 0.25) is 11.8 Å². The molecule has 0 heterocycles. The van der Waals surface area contributed by atoms with Gasteiger partial charge < -0.3 is 15.5 Å². The summed E-state index contributed by atoms with van der Waals surface area (Å²) in [6, 6.07) is 7.98. The molecule has 150 valence electrons. The zero-order chi connectivity index (χ0) is 19.9. The Morgan fingerprint density at radius 3 is 2.04 bits per heavy atom. The van der Waals surface area contributed by atoms with E-state index in [1.165, 1.54) is 12.8 Å². The van der Waals surface area contributed by atoms with E-state index in [9.17, 15) is 9.59 Å². The van der Waals surface area contributed by atoms with E-state index in [2.05, 4.69) is 29.4 Å². The van der Waals surface area contributed by atoms with Crippen molar-refractivity contribution in [2.24, 2.45) is 5.41 Å². The average Bonchev–Trinajstić information content (AvgIpc) is 2.92. The van der Waals surface area contributed by atoms with Gasteiger partial charge in [-0.15, -0.1) is 0 Å². The summed E-state index contributed by atoms with van der Waals surface area (Å²) >= 11 is 0. The minimum atomic E-state index is -1.11. The first-order valence-electron chi connectivity index (χ1n) is 10.4. The van der Waals surface area contributed by atoms with Crippen LogP contribution in [-0.2, 0) is 9.59 Å². The molecule has 1 fully saturated rings. The van der Waals surface area contributed by atoms with Crippen LogP contribution in [0.2, 0.25) is 0 Å². The topological polar surface area (TPSA) is 61.4 Å². The maximum absolute atomic E-state index is 12.7. The first kappa shape index (κ1) is 21.3. The van der Waals surface area contributed by atoms with Gasteiger partial charge in [0, 0.05) is 30.5 Å². The van der Waals surface area contributed by atoms with Crippen molar-refractivity contribution in [3.63, 3.8) is 0 Å². The van der Waals surface area contributed by atoms with Gasteiger partial charge in [-0.3, -0.25) is 9.59 Å². The van der Waals surface area contributed by atoms with Crippen molar-refractivity contribution in [2.45, 2.75) is 72.3 Å². The molecule has 2 rings (SSSR count). The van der Waals surface area contributed by atoms with Gasteiger partial charge >= 0.3 is 0 Å². The lowest BCUT2D eigenvalue weighted by molar-refractivity contribution is -0.138. The zero-order valence-corrected chi connectivity index (χ0v) is 17.3. The average molecular weight is 374 g/mol. The Hall–Kier alpha value is -2.04. The summed E-state index contributed by atoms with van der Waals surface area (Å²) in [6.45, 7) is 9.51. The molecule has 0 bridgehead atoms. The number of carbonyl (C=O) groups is 2. The Kier molecular flexibility index (Phi) is 7.69. The summed E-state index contributed by atoms with van der Waals surface area (Å²) in [5, 5.41) is 6.00. The second-order valence-corrected chi connectivity index (χ2v) is 7.96. The van der Waals surface area contributed by atoms with E-state index in [1.54, 1.807) is 13.8 Å². The van der Waals surface area contributed by atoms with Crippen LogP contribution < -0.4 is 15.5 Å². The van der Waals surface area contributed by atoms with Crippen LogP contribution in [0.1, 0.15) is 66.2 Å². The van der Waals surface area contributed by atoms with E-state index < -0.39 is 5.41 Å². The zero-order valence-electron chi connectivity index (χ0n) is 17.3. The number of carbonyl (C=O) groups excluding carboxylic acids is 2. The number of nitrogens with one attached hydrogen (secondary N) is 2. The highest BCUT2D eigenvalue weighted by atomic mass is 16.2. The van der Waals surface area contributed by atoms with Gasteiger partial charge in [-0.05, 0) is 64.8 Å². The smallest absolute Gasteiger partial charge is 0.239 e. The SMILES string of the molecule is CCN(CC)c1ccc(NC(=O)C(C)(C)C(=O)NC2CCCCCC2)cc1. The molecule has 5 nitrogen and oxygen atoms in total. The molecule has 27 heavy (non-hydrogen) atoms. The summed E-state index contributed by atoms with van der Waals surface area (Å²) in [7, 11) is 0. The lowest BCUT2D eigenvalue weighted by Crippen LogP contribution is -2.48. The van der Waals surface area contributed by atoms with E-state index in [0.717, 1.165) is 44.5 Å².